The van der Waals surface area contributed by atoms with Gasteiger partial charge in [-0.3, -0.25) is 14.5 Å². The summed E-state index contributed by atoms with van der Waals surface area (Å²) in [6.45, 7) is 4.41. The molecule has 3 heterocycles. The Morgan fingerprint density at radius 2 is 2.03 bits per heavy atom. The average Bonchev–Trinajstić information content (AvgIpc) is 3.38. The minimum absolute atomic E-state index is 0.117. The smallest absolute Gasteiger partial charge is 0.275 e. The molecule has 1 N–H and O–H groups in total. The summed E-state index contributed by atoms with van der Waals surface area (Å²) in [5.74, 6) is 0.598. The molecule has 3 aromatic rings. The molecule has 0 spiro atoms. The van der Waals surface area contributed by atoms with Gasteiger partial charge in [0.15, 0.2) is 0 Å². The average molecular weight is 486 g/mol. The van der Waals surface area contributed by atoms with Gasteiger partial charge < -0.3 is 14.6 Å². The molecule has 5 rings (SSSR count). The van der Waals surface area contributed by atoms with Crippen molar-refractivity contribution in [2.75, 3.05) is 12.0 Å². The number of benzene rings is 1. The number of rotatable bonds is 4. The van der Waals surface area contributed by atoms with Gasteiger partial charge in [-0.1, -0.05) is 31.4 Å². The van der Waals surface area contributed by atoms with Crippen molar-refractivity contribution in [3.8, 4) is 5.75 Å². The maximum atomic E-state index is 13.9. The molecule has 33 heavy (non-hydrogen) atoms. The summed E-state index contributed by atoms with van der Waals surface area (Å²) in [4.78, 5) is 29.4. The van der Waals surface area contributed by atoms with Crippen LogP contribution in [-0.4, -0.2) is 35.1 Å². The van der Waals surface area contributed by atoms with E-state index in [0.717, 1.165) is 29.5 Å². The van der Waals surface area contributed by atoms with Crippen molar-refractivity contribution in [1.82, 2.24) is 9.88 Å². The third-order valence-electron chi connectivity index (χ3n) is 7.22. The van der Waals surface area contributed by atoms with E-state index in [4.69, 9.17) is 16.3 Å². The molecule has 0 unspecified atom stereocenters. The first-order valence-corrected chi connectivity index (χ1v) is 12.6. The van der Waals surface area contributed by atoms with Gasteiger partial charge in [0.05, 0.1) is 28.9 Å². The minimum atomic E-state index is -1.12. The molecule has 8 heteroatoms. The lowest BCUT2D eigenvalue weighted by atomic mass is 9.84. The van der Waals surface area contributed by atoms with Crippen molar-refractivity contribution < 1.29 is 14.3 Å². The molecule has 1 fully saturated rings. The van der Waals surface area contributed by atoms with Gasteiger partial charge >= 0.3 is 0 Å². The van der Waals surface area contributed by atoms with Crippen LogP contribution in [0.1, 0.15) is 50.0 Å². The van der Waals surface area contributed by atoms with Crippen LogP contribution in [0.4, 0.5) is 5.69 Å². The van der Waals surface area contributed by atoms with Gasteiger partial charge in [-0.15, -0.1) is 11.3 Å². The first-order chi connectivity index (χ1) is 15.8. The van der Waals surface area contributed by atoms with Crippen LogP contribution in [0.5, 0.6) is 5.75 Å². The number of carbonyl (C=O) groups excluding carboxylic acids is 2. The van der Waals surface area contributed by atoms with Crippen LogP contribution < -0.4 is 15.0 Å². The van der Waals surface area contributed by atoms with Crippen molar-refractivity contribution in [3.05, 3.63) is 46.4 Å². The predicted molar refractivity (Wildman–Crippen MR) is 133 cm³/mol. The van der Waals surface area contributed by atoms with Crippen LogP contribution in [0.15, 0.2) is 35.7 Å². The number of fused-ring (bicyclic) bond motifs is 3. The number of nitrogens with one attached hydrogen (secondary N) is 1. The lowest BCUT2D eigenvalue weighted by Crippen LogP contribution is -2.65. The summed E-state index contributed by atoms with van der Waals surface area (Å²) in [7, 11) is 1.55. The van der Waals surface area contributed by atoms with Gasteiger partial charge in [0.1, 0.15) is 17.0 Å². The van der Waals surface area contributed by atoms with Crippen LogP contribution in [0.2, 0.25) is 5.02 Å². The molecule has 6 nitrogen and oxygen atoms in total. The molecule has 0 radical (unpaired) electrons. The zero-order chi connectivity index (χ0) is 23.3. The van der Waals surface area contributed by atoms with Crippen molar-refractivity contribution in [3.63, 3.8) is 0 Å². The number of aromatic nitrogens is 1. The van der Waals surface area contributed by atoms with E-state index < -0.39 is 5.54 Å². The van der Waals surface area contributed by atoms with E-state index in [2.05, 4.69) is 12.2 Å². The van der Waals surface area contributed by atoms with Crippen LogP contribution in [0, 0.1) is 5.92 Å². The van der Waals surface area contributed by atoms with E-state index in [9.17, 15) is 9.59 Å². The monoisotopic (exact) mass is 485 g/mol. The van der Waals surface area contributed by atoms with Gasteiger partial charge in [0.25, 0.3) is 5.91 Å². The van der Waals surface area contributed by atoms with Crippen LogP contribution in [-0.2, 0) is 11.3 Å². The first kappa shape index (κ1) is 22.3. The highest BCUT2D eigenvalue weighted by atomic mass is 35.5. The molecule has 3 atom stereocenters. The molecule has 174 valence electrons. The van der Waals surface area contributed by atoms with Gasteiger partial charge in [0.2, 0.25) is 5.91 Å². The zero-order valence-electron chi connectivity index (χ0n) is 19.1. The zero-order valence-corrected chi connectivity index (χ0v) is 20.6. The lowest BCUT2D eigenvalue weighted by molar-refractivity contribution is -0.127. The van der Waals surface area contributed by atoms with Crippen molar-refractivity contribution in [1.29, 1.82) is 0 Å². The molecule has 1 aromatic carbocycles. The Kier molecular flexibility index (Phi) is 5.65. The highest BCUT2D eigenvalue weighted by Crippen LogP contribution is 2.39. The maximum absolute atomic E-state index is 13.9. The first-order valence-electron chi connectivity index (χ1n) is 11.4. The largest absolute Gasteiger partial charge is 0.495 e. The molecule has 2 aliphatic rings. The molecule has 1 aliphatic heterocycles. The number of nitrogens with zero attached hydrogens (tertiary/aromatic N) is 2. The standard InChI is InChI=1S/C25H28ClN3O3S/c1-15-6-4-5-7-18(15)27-24(31)25(2)14-28-19-10-11-33-22(19)13-20(28)23(30)29(25)16-8-9-21(32-3)17(26)12-16/h8-13,15,18H,4-7,14H2,1-3H3,(H,27,31)/t15-,18-,25+/m0/s1. The summed E-state index contributed by atoms with van der Waals surface area (Å²) in [5, 5.41) is 5.71. The number of methoxy groups -OCH3 is 1. The Labute approximate surface area is 202 Å². The number of ether oxygens (including phenoxy) is 1. The third kappa shape index (κ3) is 3.62. The summed E-state index contributed by atoms with van der Waals surface area (Å²) in [6.07, 6.45) is 4.38. The maximum Gasteiger partial charge on any atom is 0.275 e. The van der Waals surface area contributed by atoms with Crippen molar-refractivity contribution >= 4 is 50.7 Å². The molecular weight excluding hydrogens is 458 g/mol. The summed E-state index contributed by atoms with van der Waals surface area (Å²) in [5.41, 5.74) is 1.03. The van der Waals surface area contributed by atoms with Crippen LogP contribution in [0.25, 0.3) is 10.2 Å². The Balaban J connectivity index is 1.60. The second-order valence-corrected chi connectivity index (χ2v) is 10.7. The molecular formula is C25H28ClN3O3S. The van der Waals surface area contributed by atoms with Gasteiger partial charge in [-0.2, -0.15) is 0 Å². The summed E-state index contributed by atoms with van der Waals surface area (Å²) < 4.78 is 8.32. The number of anilines is 1. The van der Waals surface area contributed by atoms with E-state index in [1.807, 2.05) is 29.0 Å². The quantitative estimate of drug-likeness (QED) is 0.532. The summed E-state index contributed by atoms with van der Waals surface area (Å²) in [6, 6.07) is 9.27. The van der Waals surface area contributed by atoms with E-state index >= 15 is 0 Å². The number of carbonyl (C=O) groups is 2. The van der Waals surface area contributed by atoms with Gasteiger partial charge in [-0.05, 0) is 61.4 Å². The minimum Gasteiger partial charge on any atom is -0.495 e. The number of hydrogen-bond acceptors (Lipinski definition) is 4. The molecule has 0 bridgehead atoms. The molecule has 2 aromatic heterocycles. The highest BCUT2D eigenvalue weighted by Gasteiger charge is 2.49. The Bertz CT molecular complexity index is 1230. The van der Waals surface area contributed by atoms with Crippen LogP contribution in [0.3, 0.4) is 0 Å². The number of halogens is 1. The predicted octanol–water partition coefficient (Wildman–Crippen LogP) is 5.48. The number of hydrogen-bond donors (Lipinski definition) is 1. The summed E-state index contributed by atoms with van der Waals surface area (Å²) >= 11 is 8.02. The fraction of sp³-hybridized carbons (Fsp3) is 0.440. The molecule has 1 saturated carbocycles. The van der Waals surface area contributed by atoms with E-state index in [0.29, 0.717) is 34.6 Å². The number of thiophene rings is 1. The lowest BCUT2D eigenvalue weighted by Gasteiger charge is -2.45. The van der Waals surface area contributed by atoms with Crippen molar-refractivity contribution in [2.45, 2.75) is 57.7 Å². The second kappa shape index (κ2) is 8.37. The Hall–Kier alpha value is -2.51. The SMILES string of the molecule is COc1ccc(N2C(=O)c3cc4sccc4n3C[C@]2(C)C(=O)N[C@H]2CCCC[C@@H]2C)cc1Cl. The topological polar surface area (TPSA) is 63.6 Å². The normalized spacial score (nSPS) is 25.2. The van der Waals surface area contributed by atoms with E-state index in [1.54, 1.807) is 41.5 Å². The van der Waals surface area contributed by atoms with Crippen LogP contribution >= 0.6 is 22.9 Å². The van der Waals surface area contributed by atoms with E-state index in [-0.39, 0.29) is 17.9 Å². The second-order valence-electron chi connectivity index (χ2n) is 9.36. The van der Waals surface area contributed by atoms with E-state index in [1.165, 1.54) is 6.42 Å². The third-order valence-corrected chi connectivity index (χ3v) is 8.36. The van der Waals surface area contributed by atoms with Crippen molar-refractivity contribution in [2.24, 2.45) is 5.92 Å². The highest BCUT2D eigenvalue weighted by molar-refractivity contribution is 7.17. The fourth-order valence-corrected chi connectivity index (χ4v) is 6.34. The van der Waals surface area contributed by atoms with Gasteiger partial charge in [-0.25, -0.2) is 0 Å². The molecule has 0 saturated heterocycles. The number of amides is 2. The molecule has 1 aliphatic carbocycles. The van der Waals surface area contributed by atoms with Gasteiger partial charge in [0, 0.05) is 11.7 Å². The Morgan fingerprint density at radius 1 is 1.24 bits per heavy atom. The molecule has 2 amide bonds. The fourth-order valence-electron chi connectivity index (χ4n) is 5.27. The Morgan fingerprint density at radius 3 is 2.76 bits per heavy atom.